The molecule has 0 saturated heterocycles. The lowest BCUT2D eigenvalue weighted by Gasteiger charge is -2.55. The van der Waals surface area contributed by atoms with E-state index >= 15 is 0 Å². The average molecular weight is 421 g/mol. The molecular weight excluding hydrogens is 390 g/mol. The summed E-state index contributed by atoms with van der Waals surface area (Å²) in [7, 11) is 0. The molecule has 5 fully saturated rings. The fourth-order valence-electron chi connectivity index (χ4n) is 8.86. The number of nitrogens with zero attached hydrogens (tertiary/aromatic N) is 4. The van der Waals surface area contributed by atoms with Gasteiger partial charge in [0.05, 0.1) is 5.92 Å². The number of hydrogen-bond donors (Lipinski definition) is 1. The van der Waals surface area contributed by atoms with Gasteiger partial charge in [-0.2, -0.15) is 4.80 Å². The van der Waals surface area contributed by atoms with Crippen molar-refractivity contribution in [2.75, 3.05) is 0 Å². The fraction of sp³-hybridized carbons (Fsp3) is 0.909. The van der Waals surface area contributed by atoms with Crippen LogP contribution in [-0.4, -0.2) is 42.6 Å². The van der Waals surface area contributed by atoms with Crippen molar-refractivity contribution < 1.29 is 18.7 Å². The highest BCUT2D eigenvalue weighted by Gasteiger charge is 2.84. The first-order valence-electron chi connectivity index (χ1n) is 11.6. The molecule has 0 spiro atoms. The fourth-order valence-corrected chi connectivity index (χ4v) is 8.86. The summed E-state index contributed by atoms with van der Waals surface area (Å²) < 4.78 is 28.7. The number of halogens is 2. The quantitative estimate of drug-likeness (QED) is 0.813. The van der Waals surface area contributed by atoms with Crippen LogP contribution in [0.3, 0.4) is 0 Å². The van der Waals surface area contributed by atoms with Gasteiger partial charge in [-0.1, -0.05) is 6.92 Å². The van der Waals surface area contributed by atoms with Gasteiger partial charge in [0, 0.05) is 5.92 Å². The number of tetrazole rings is 1. The van der Waals surface area contributed by atoms with Crippen molar-refractivity contribution in [1.29, 1.82) is 0 Å². The molecule has 1 unspecified atom stereocenters. The molecule has 164 valence electrons. The van der Waals surface area contributed by atoms with E-state index in [2.05, 4.69) is 22.3 Å². The van der Waals surface area contributed by atoms with Gasteiger partial charge >= 0.3 is 0 Å². The zero-order valence-electron chi connectivity index (χ0n) is 17.4. The summed E-state index contributed by atoms with van der Waals surface area (Å²) in [4.78, 5) is 14.4. The van der Waals surface area contributed by atoms with Gasteiger partial charge in [0.2, 0.25) is 0 Å². The van der Waals surface area contributed by atoms with Crippen molar-refractivity contribution >= 4 is 5.78 Å². The lowest BCUT2D eigenvalue weighted by atomic mass is 9.49. The molecule has 0 amide bonds. The van der Waals surface area contributed by atoms with Crippen LogP contribution in [0.4, 0.5) is 8.78 Å². The monoisotopic (exact) mass is 420 g/mol. The first-order chi connectivity index (χ1) is 14.3. The largest absolute Gasteiger partial charge is 0.383 e. The van der Waals surface area contributed by atoms with Crippen LogP contribution >= 0.6 is 0 Å². The minimum Gasteiger partial charge on any atom is -0.383 e. The van der Waals surface area contributed by atoms with Crippen molar-refractivity contribution in [3.63, 3.8) is 0 Å². The molecule has 0 radical (unpaired) electrons. The van der Waals surface area contributed by atoms with Gasteiger partial charge in [-0.25, -0.2) is 8.78 Å². The van der Waals surface area contributed by atoms with Crippen LogP contribution in [0.1, 0.15) is 58.3 Å². The minimum absolute atomic E-state index is 0.00934. The van der Waals surface area contributed by atoms with Crippen molar-refractivity contribution in [2.24, 2.45) is 46.8 Å². The van der Waals surface area contributed by atoms with Crippen LogP contribution in [0.25, 0.3) is 0 Å². The van der Waals surface area contributed by atoms with Gasteiger partial charge in [0.25, 0.3) is 5.92 Å². The summed E-state index contributed by atoms with van der Waals surface area (Å²) >= 11 is 0. The number of alkyl halides is 2. The Labute approximate surface area is 174 Å². The number of ketones is 1. The molecule has 6 rings (SSSR count). The Kier molecular flexibility index (Phi) is 3.90. The molecule has 8 heteroatoms. The number of carbonyl (C=O) groups excluding carboxylic acids is 1. The molecule has 1 N–H and O–H groups in total. The highest BCUT2D eigenvalue weighted by molar-refractivity contribution is 5.81. The van der Waals surface area contributed by atoms with E-state index in [0.29, 0.717) is 23.7 Å². The van der Waals surface area contributed by atoms with Gasteiger partial charge in [-0.15, -0.1) is 10.2 Å². The standard InChI is InChI=1S/C22H30F2N4O2/c1-20-8-6-12-13-7-9-21(30)19(22(21,23)24)15(13)3-2-14(12)16(20)4-5-17(20)18(29)10-28-26-11-25-27-28/h11-17,19,30H,2-10H2,1H3/t12-,13-,14-,15+,16+,17-,19?,20+,21-/m1/s1. The van der Waals surface area contributed by atoms with Gasteiger partial charge in [-0.3, -0.25) is 4.79 Å². The average Bonchev–Trinajstić information content (AvgIpc) is 3.13. The summed E-state index contributed by atoms with van der Waals surface area (Å²) in [6.07, 6.45) is 8.11. The summed E-state index contributed by atoms with van der Waals surface area (Å²) in [5.41, 5.74) is -1.73. The molecule has 5 aliphatic carbocycles. The summed E-state index contributed by atoms with van der Waals surface area (Å²) in [5, 5.41) is 21.9. The molecule has 30 heavy (non-hydrogen) atoms. The SMILES string of the molecule is C[C@]12CC[C@@H]3[C@H]4CC[C@@]5(O)C([C@H]4CC[C@H]3[C@@H]1CC[C@@H]2C(=O)Cn1ncnn1)C5(F)F. The lowest BCUT2D eigenvalue weighted by molar-refractivity contribution is -0.132. The highest BCUT2D eigenvalue weighted by atomic mass is 19.3. The second kappa shape index (κ2) is 6.08. The number of fused-ring (bicyclic) bond motifs is 7. The maximum absolute atomic E-state index is 14.3. The minimum atomic E-state index is -2.89. The number of carbonyl (C=O) groups is 1. The topological polar surface area (TPSA) is 80.9 Å². The second-order valence-corrected chi connectivity index (χ2v) is 11.0. The van der Waals surface area contributed by atoms with E-state index in [1.54, 1.807) is 0 Å². The normalized spacial score (nSPS) is 50.7. The van der Waals surface area contributed by atoms with Crippen molar-refractivity contribution in [2.45, 2.75) is 76.4 Å². The molecule has 9 atom stereocenters. The van der Waals surface area contributed by atoms with E-state index in [4.69, 9.17) is 0 Å². The molecule has 0 bridgehead atoms. The Hall–Kier alpha value is -1.44. The van der Waals surface area contributed by atoms with Gasteiger partial charge in [0.15, 0.2) is 12.1 Å². The predicted octanol–water partition coefficient (Wildman–Crippen LogP) is 3.12. The van der Waals surface area contributed by atoms with Gasteiger partial charge in [0.1, 0.15) is 12.1 Å². The summed E-state index contributed by atoms with van der Waals surface area (Å²) in [6, 6.07) is 0. The van der Waals surface area contributed by atoms with Gasteiger partial charge < -0.3 is 5.11 Å². The second-order valence-electron chi connectivity index (χ2n) is 11.0. The molecule has 1 aromatic heterocycles. The maximum Gasteiger partial charge on any atom is 0.282 e. The molecule has 1 heterocycles. The molecule has 5 saturated carbocycles. The van der Waals surface area contributed by atoms with E-state index in [1.807, 2.05) is 0 Å². The van der Waals surface area contributed by atoms with E-state index in [0.717, 1.165) is 44.9 Å². The molecule has 0 aromatic carbocycles. The number of hydrogen-bond acceptors (Lipinski definition) is 5. The first kappa shape index (κ1) is 19.3. The highest BCUT2D eigenvalue weighted by Crippen LogP contribution is 2.73. The third-order valence-electron chi connectivity index (χ3n) is 10.2. The van der Waals surface area contributed by atoms with Crippen molar-refractivity contribution in [3.05, 3.63) is 6.33 Å². The molecule has 0 aliphatic heterocycles. The van der Waals surface area contributed by atoms with Crippen LogP contribution in [0.5, 0.6) is 0 Å². The van der Waals surface area contributed by atoms with Crippen LogP contribution < -0.4 is 0 Å². The zero-order valence-corrected chi connectivity index (χ0v) is 17.4. The number of aromatic nitrogens is 4. The Morgan fingerprint density at radius 3 is 2.57 bits per heavy atom. The Morgan fingerprint density at radius 2 is 1.80 bits per heavy atom. The van der Waals surface area contributed by atoms with Crippen LogP contribution in [0, 0.1) is 46.8 Å². The van der Waals surface area contributed by atoms with Crippen molar-refractivity contribution in [3.8, 4) is 0 Å². The third-order valence-corrected chi connectivity index (χ3v) is 10.2. The van der Waals surface area contributed by atoms with E-state index in [1.165, 1.54) is 11.1 Å². The molecule has 1 aromatic rings. The zero-order chi connectivity index (χ0) is 20.9. The third kappa shape index (κ3) is 2.32. The smallest absolute Gasteiger partial charge is 0.282 e. The van der Waals surface area contributed by atoms with E-state index in [9.17, 15) is 18.7 Å². The van der Waals surface area contributed by atoms with E-state index in [-0.39, 0.29) is 36.0 Å². The Bertz CT molecular complexity index is 863. The summed E-state index contributed by atoms with van der Waals surface area (Å²) in [5.74, 6) is -1.67. The lowest BCUT2D eigenvalue weighted by Crippen LogP contribution is -2.50. The number of aliphatic hydroxyl groups is 1. The number of rotatable bonds is 3. The Morgan fingerprint density at radius 1 is 1.07 bits per heavy atom. The maximum atomic E-state index is 14.3. The van der Waals surface area contributed by atoms with Crippen molar-refractivity contribution in [1.82, 2.24) is 20.2 Å². The van der Waals surface area contributed by atoms with Gasteiger partial charge in [-0.05, 0) is 91.6 Å². The summed E-state index contributed by atoms with van der Waals surface area (Å²) in [6.45, 7) is 2.47. The molecule has 6 nitrogen and oxygen atoms in total. The van der Waals surface area contributed by atoms with Crippen LogP contribution in [-0.2, 0) is 11.3 Å². The molecular formula is C22H30F2N4O2. The number of Topliss-reactive ketones (excluding diaryl/α,β-unsaturated/α-hetero) is 1. The first-order valence-corrected chi connectivity index (χ1v) is 11.6. The van der Waals surface area contributed by atoms with E-state index < -0.39 is 17.4 Å². The molecule has 5 aliphatic rings. The van der Waals surface area contributed by atoms with Crippen LogP contribution in [0.15, 0.2) is 6.33 Å². The predicted molar refractivity (Wildman–Crippen MR) is 102 cm³/mol. The Balaban J connectivity index is 1.21. The van der Waals surface area contributed by atoms with Crippen LogP contribution in [0.2, 0.25) is 0 Å².